The number of rotatable bonds is 4. The molecule has 0 bridgehead atoms. The van der Waals surface area contributed by atoms with Crippen LogP contribution in [0.4, 0.5) is 5.69 Å². The Balaban J connectivity index is 2.21. The van der Waals surface area contributed by atoms with E-state index < -0.39 is 0 Å². The average Bonchev–Trinajstić information content (AvgIpc) is 3.11. The van der Waals surface area contributed by atoms with Crippen LogP contribution in [-0.4, -0.2) is 18.7 Å². The van der Waals surface area contributed by atoms with Crippen molar-refractivity contribution >= 4 is 5.69 Å². The molecule has 1 aromatic carbocycles. The Bertz CT molecular complexity index is 418. The zero-order valence-electron chi connectivity index (χ0n) is 9.48. The van der Waals surface area contributed by atoms with Gasteiger partial charge >= 0.3 is 0 Å². The second-order valence-electron chi connectivity index (χ2n) is 4.45. The number of hydrogen-bond acceptors (Lipinski definition) is 3. The average molecular weight is 216 g/mol. The lowest BCUT2D eigenvalue weighted by Gasteiger charge is -2.20. The van der Waals surface area contributed by atoms with Gasteiger partial charge < -0.3 is 10.0 Å². The van der Waals surface area contributed by atoms with Crippen molar-refractivity contribution in [2.24, 2.45) is 5.92 Å². The Labute approximate surface area is 95.9 Å². The number of nitrogens with zero attached hydrogens (tertiary/aromatic N) is 2. The number of aliphatic hydroxyl groups excluding tert-OH is 1. The van der Waals surface area contributed by atoms with Crippen LogP contribution in [0.5, 0.6) is 0 Å². The first-order valence-electron chi connectivity index (χ1n) is 5.59. The lowest BCUT2D eigenvalue weighted by atomic mass is 10.1. The van der Waals surface area contributed by atoms with E-state index in [0.29, 0.717) is 5.56 Å². The smallest absolute Gasteiger partial charge is 0.101 e. The summed E-state index contributed by atoms with van der Waals surface area (Å²) in [6.45, 7) is 1.01. The molecule has 1 fully saturated rings. The zero-order valence-corrected chi connectivity index (χ0v) is 9.48. The molecule has 0 radical (unpaired) electrons. The van der Waals surface area contributed by atoms with Gasteiger partial charge in [0.15, 0.2) is 0 Å². The lowest BCUT2D eigenvalue weighted by molar-refractivity contribution is 0.282. The van der Waals surface area contributed by atoms with Gasteiger partial charge in [0, 0.05) is 13.6 Å². The van der Waals surface area contributed by atoms with Gasteiger partial charge in [-0.2, -0.15) is 5.26 Å². The van der Waals surface area contributed by atoms with Crippen LogP contribution in [0.15, 0.2) is 18.2 Å². The van der Waals surface area contributed by atoms with Crippen LogP contribution in [0.25, 0.3) is 0 Å². The van der Waals surface area contributed by atoms with Crippen LogP contribution in [0, 0.1) is 17.2 Å². The highest BCUT2D eigenvalue weighted by atomic mass is 16.3. The molecule has 1 aromatic rings. The van der Waals surface area contributed by atoms with Gasteiger partial charge in [-0.1, -0.05) is 6.07 Å². The van der Waals surface area contributed by atoms with Crippen LogP contribution in [0.2, 0.25) is 0 Å². The van der Waals surface area contributed by atoms with E-state index in [1.807, 2.05) is 19.2 Å². The molecule has 1 aliphatic carbocycles. The standard InChI is InChI=1S/C13H16N2O/c1-15(8-10-2-3-10)13-5-4-11(9-16)6-12(13)7-14/h4-6,10,16H,2-3,8-9H2,1H3. The van der Waals surface area contributed by atoms with Gasteiger partial charge in [0.2, 0.25) is 0 Å². The van der Waals surface area contributed by atoms with Crippen molar-refractivity contribution in [1.29, 1.82) is 5.26 Å². The minimum atomic E-state index is -0.0126. The maximum Gasteiger partial charge on any atom is 0.101 e. The molecule has 0 amide bonds. The summed E-state index contributed by atoms with van der Waals surface area (Å²) in [5.41, 5.74) is 2.40. The number of aliphatic hydroxyl groups is 1. The first kappa shape index (κ1) is 11.0. The molecule has 0 spiro atoms. The third kappa shape index (κ3) is 2.34. The molecule has 1 aliphatic rings. The van der Waals surface area contributed by atoms with E-state index in [-0.39, 0.29) is 6.61 Å². The Morgan fingerprint density at radius 3 is 2.81 bits per heavy atom. The maximum absolute atomic E-state index is 9.08. The van der Waals surface area contributed by atoms with Gasteiger partial charge in [-0.25, -0.2) is 0 Å². The quantitative estimate of drug-likeness (QED) is 0.836. The Hall–Kier alpha value is -1.53. The van der Waals surface area contributed by atoms with E-state index in [1.165, 1.54) is 12.8 Å². The molecule has 0 heterocycles. The van der Waals surface area contributed by atoms with E-state index in [2.05, 4.69) is 11.0 Å². The van der Waals surface area contributed by atoms with Crippen molar-refractivity contribution in [2.45, 2.75) is 19.4 Å². The second kappa shape index (κ2) is 4.54. The molecule has 3 nitrogen and oxygen atoms in total. The normalized spacial score (nSPS) is 14.6. The van der Waals surface area contributed by atoms with Crippen molar-refractivity contribution in [3.8, 4) is 6.07 Å². The minimum absolute atomic E-state index is 0.0126. The van der Waals surface area contributed by atoms with E-state index in [0.717, 1.165) is 23.7 Å². The third-order valence-electron chi connectivity index (χ3n) is 3.00. The first-order valence-corrected chi connectivity index (χ1v) is 5.59. The third-order valence-corrected chi connectivity index (χ3v) is 3.00. The SMILES string of the molecule is CN(CC1CC1)c1ccc(CO)cc1C#N. The molecule has 0 unspecified atom stereocenters. The van der Waals surface area contributed by atoms with Crippen molar-refractivity contribution < 1.29 is 5.11 Å². The Morgan fingerprint density at radius 2 is 2.25 bits per heavy atom. The summed E-state index contributed by atoms with van der Waals surface area (Å²) in [5.74, 6) is 0.800. The summed E-state index contributed by atoms with van der Waals surface area (Å²) in [6.07, 6.45) is 2.61. The van der Waals surface area contributed by atoms with Crippen molar-refractivity contribution in [1.82, 2.24) is 0 Å². The largest absolute Gasteiger partial charge is 0.392 e. The van der Waals surface area contributed by atoms with Crippen LogP contribution in [0.1, 0.15) is 24.0 Å². The summed E-state index contributed by atoms with van der Waals surface area (Å²) in [5, 5.41) is 18.1. The Kier molecular flexibility index (Phi) is 3.12. The number of anilines is 1. The molecule has 0 aliphatic heterocycles. The highest BCUT2D eigenvalue weighted by Crippen LogP contribution is 2.31. The fourth-order valence-electron chi connectivity index (χ4n) is 1.89. The van der Waals surface area contributed by atoms with Crippen LogP contribution in [0.3, 0.4) is 0 Å². The molecule has 0 saturated heterocycles. The molecule has 1 saturated carbocycles. The molecule has 3 heteroatoms. The fourth-order valence-corrected chi connectivity index (χ4v) is 1.89. The van der Waals surface area contributed by atoms with Gasteiger partial charge in [-0.15, -0.1) is 0 Å². The molecule has 2 rings (SSSR count). The van der Waals surface area contributed by atoms with Gasteiger partial charge in [0.25, 0.3) is 0 Å². The second-order valence-corrected chi connectivity index (χ2v) is 4.45. The van der Waals surface area contributed by atoms with E-state index >= 15 is 0 Å². The molecule has 84 valence electrons. The van der Waals surface area contributed by atoms with E-state index in [4.69, 9.17) is 10.4 Å². The van der Waals surface area contributed by atoms with Gasteiger partial charge in [-0.3, -0.25) is 0 Å². The molecule has 16 heavy (non-hydrogen) atoms. The molecule has 0 aromatic heterocycles. The highest BCUT2D eigenvalue weighted by Gasteiger charge is 2.23. The fraction of sp³-hybridized carbons (Fsp3) is 0.462. The summed E-state index contributed by atoms with van der Waals surface area (Å²) in [7, 11) is 2.02. The highest BCUT2D eigenvalue weighted by molar-refractivity contribution is 5.60. The predicted molar refractivity (Wildman–Crippen MR) is 63.1 cm³/mol. The number of benzene rings is 1. The van der Waals surface area contributed by atoms with Crippen molar-refractivity contribution in [2.75, 3.05) is 18.5 Å². The first-order chi connectivity index (χ1) is 7.74. The predicted octanol–water partition coefficient (Wildman–Crippen LogP) is 1.90. The molecular formula is C13H16N2O. The molecule has 1 N–H and O–H groups in total. The monoisotopic (exact) mass is 216 g/mol. The van der Waals surface area contributed by atoms with Crippen LogP contribution >= 0.6 is 0 Å². The zero-order chi connectivity index (χ0) is 11.5. The van der Waals surface area contributed by atoms with Gasteiger partial charge in [0.1, 0.15) is 6.07 Å². The van der Waals surface area contributed by atoms with Gasteiger partial charge in [0.05, 0.1) is 17.9 Å². The Morgan fingerprint density at radius 1 is 1.50 bits per heavy atom. The maximum atomic E-state index is 9.08. The summed E-state index contributed by atoms with van der Waals surface area (Å²) < 4.78 is 0. The number of nitriles is 1. The van der Waals surface area contributed by atoms with Crippen LogP contribution < -0.4 is 4.90 Å². The lowest BCUT2D eigenvalue weighted by Crippen LogP contribution is -2.20. The van der Waals surface area contributed by atoms with Gasteiger partial charge in [-0.05, 0) is 36.5 Å². The van der Waals surface area contributed by atoms with Crippen molar-refractivity contribution in [3.05, 3.63) is 29.3 Å². The molecule has 0 atom stereocenters. The topological polar surface area (TPSA) is 47.3 Å². The summed E-state index contributed by atoms with van der Waals surface area (Å²) in [4.78, 5) is 2.14. The van der Waals surface area contributed by atoms with Crippen LogP contribution in [-0.2, 0) is 6.61 Å². The molecular weight excluding hydrogens is 200 g/mol. The number of hydrogen-bond donors (Lipinski definition) is 1. The van der Waals surface area contributed by atoms with Crippen molar-refractivity contribution in [3.63, 3.8) is 0 Å². The summed E-state index contributed by atoms with van der Waals surface area (Å²) >= 11 is 0. The summed E-state index contributed by atoms with van der Waals surface area (Å²) in [6, 6.07) is 7.75. The minimum Gasteiger partial charge on any atom is -0.392 e. The van der Waals surface area contributed by atoms with E-state index in [9.17, 15) is 0 Å². The van der Waals surface area contributed by atoms with E-state index in [1.54, 1.807) is 6.07 Å².